The van der Waals surface area contributed by atoms with Crippen molar-refractivity contribution in [2.75, 3.05) is 4.90 Å². The molecule has 0 bridgehead atoms. The third-order valence-corrected chi connectivity index (χ3v) is 20.2. The molecule has 0 saturated carbocycles. The predicted octanol–water partition coefficient (Wildman–Crippen LogP) is 24.7. The Bertz CT molecular complexity index is 6140. The van der Waals surface area contributed by atoms with Crippen LogP contribution in [0.3, 0.4) is 0 Å². The third kappa shape index (κ3) is 8.59. The van der Waals surface area contributed by atoms with Gasteiger partial charge in [-0.3, -0.25) is 4.57 Å². The van der Waals surface area contributed by atoms with Gasteiger partial charge < -0.3 is 4.90 Å². The van der Waals surface area contributed by atoms with Crippen LogP contribution in [0, 0.1) is 0 Å². The molecular weight excluding hydrogens is 1150 g/mol. The van der Waals surface area contributed by atoms with E-state index in [1.54, 1.807) is 0 Å². The van der Waals surface area contributed by atoms with E-state index in [9.17, 15) is 0 Å². The van der Waals surface area contributed by atoms with Crippen LogP contribution in [0.4, 0.5) is 17.1 Å². The topological polar surface area (TPSA) is 34.0 Å². The van der Waals surface area contributed by atoms with Crippen LogP contribution >= 0.6 is 11.3 Å². The Kier molecular flexibility index (Phi) is 12.1. The molecule has 4 nitrogen and oxygen atoms in total. The third-order valence-electron chi connectivity index (χ3n) is 19.1. The summed E-state index contributed by atoms with van der Waals surface area (Å²) in [5.74, 6) is 0.612. The molecule has 0 N–H and O–H groups in total. The highest BCUT2D eigenvalue weighted by Crippen LogP contribution is 2.53. The van der Waals surface area contributed by atoms with E-state index in [0.29, 0.717) is 5.95 Å². The largest absolute Gasteiger partial charge is 0.310 e. The summed E-state index contributed by atoms with van der Waals surface area (Å²) in [5, 5.41) is 19.4. The van der Waals surface area contributed by atoms with Gasteiger partial charge in [-0.15, -0.1) is 11.3 Å². The molecule has 0 atom stereocenters. The SMILES string of the molecule is c1ccc(-c2cccc(-c3cc(-c4ccccc4)nc(-n4c5ccc6c7ccccc7c7ccccc7c6c5c5c6sc7cc(N(c8cc(-c9ccccc9)cc(-c9ccccc9)c8)c8ccc9c(ccc%10ccccc%109)c8)ccc7c6c6ccccc6c54)n3)c2)cc1. The first-order chi connectivity index (χ1) is 46.1. The highest BCUT2D eigenvalue weighted by Gasteiger charge is 2.28. The molecule has 3 aromatic heterocycles. The van der Waals surface area contributed by atoms with Crippen LogP contribution in [0.15, 0.2) is 328 Å². The molecule has 16 aromatic carbocycles. The summed E-state index contributed by atoms with van der Waals surface area (Å²) < 4.78 is 4.82. The first-order valence-electron chi connectivity index (χ1n) is 31.8. The second-order valence-electron chi connectivity index (χ2n) is 24.3. The van der Waals surface area contributed by atoms with Crippen LogP contribution in [0.1, 0.15) is 0 Å². The maximum Gasteiger partial charge on any atom is 0.235 e. The average molecular weight is 1200 g/mol. The summed E-state index contributed by atoms with van der Waals surface area (Å²) in [6.45, 7) is 0. The summed E-state index contributed by atoms with van der Waals surface area (Å²) in [7, 11) is 0. The van der Waals surface area contributed by atoms with Gasteiger partial charge in [0.05, 0.1) is 22.4 Å². The number of benzene rings is 16. The minimum Gasteiger partial charge on any atom is -0.310 e. The van der Waals surface area contributed by atoms with Gasteiger partial charge >= 0.3 is 0 Å². The minimum atomic E-state index is 0.612. The lowest BCUT2D eigenvalue weighted by atomic mass is 9.91. The number of hydrogen-bond acceptors (Lipinski definition) is 4. The van der Waals surface area contributed by atoms with E-state index in [4.69, 9.17) is 9.97 Å². The molecule has 0 unspecified atom stereocenters. The van der Waals surface area contributed by atoms with E-state index in [1.165, 1.54) is 90.2 Å². The van der Waals surface area contributed by atoms with E-state index in [2.05, 4.69) is 337 Å². The molecule has 5 heteroatoms. The average Bonchev–Trinajstić information content (AvgIpc) is 1.54. The molecule has 0 aliphatic rings. The maximum atomic E-state index is 5.75. The van der Waals surface area contributed by atoms with Crippen LogP contribution in [0.5, 0.6) is 0 Å². The summed E-state index contributed by atoms with van der Waals surface area (Å²) in [6.07, 6.45) is 0. The molecule has 0 radical (unpaired) electrons. The highest BCUT2D eigenvalue weighted by molar-refractivity contribution is 7.27. The van der Waals surface area contributed by atoms with Gasteiger partial charge in [0.1, 0.15) is 0 Å². The van der Waals surface area contributed by atoms with Gasteiger partial charge in [-0.1, -0.05) is 267 Å². The molecule has 0 aliphatic heterocycles. The number of thiophene rings is 1. The molecule has 0 spiro atoms. The normalized spacial score (nSPS) is 11.9. The number of anilines is 3. The zero-order chi connectivity index (χ0) is 61.1. The lowest BCUT2D eigenvalue weighted by Crippen LogP contribution is -2.10. The molecular formula is C88H54N4S. The molecule has 3 heterocycles. The fraction of sp³-hybridized carbons (Fsp3) is 0. The van der Waals surface area contributed by atoms with Gasteiger partial charge in [0.2, 0.25) is 5.95 Å². The monoisotopic (exact) mass is 1200 g/mol. The Morgan fingerprint density at radius 2 is 0.720 bits per heavy atom. The quantitative estimate of drug-likeness (QED) is 0.135. The fourth-order valence-corrected chi connectivity index (χ4v) is 16.2. The Labute approximate surface area is 540 Å². The highest BCUT2D eigenvalue weighted by atomic mass is 32.1. The van der Waals surface area contributed by atoms with E-state index >= 15 is 0 Å². The second kappa shape index (κ2) is 21.3. The molecule has 19 rings (SSSR count). The predicted molar refractivity (Wildman–Crippen MR) is 396 cm³/mol. The zero-order valence-corrected chi connectivity index (χ0v) is 51.2. The van der Waals surface area contributed by atoms with Crippen LogP contribution in [0.2, 0.25) is 0 Å². The van der Waals surface area contributed by atoms with Crippen molar-refractivity contribution >= 4 is 135 Å². The Balaban J connectivity index is 0.923. The van der Waals surface area contributed by atoms with Gasteiger partial charge in [0.15, 0.2) is 0 Å². The maximum absolute atomic E-state index is 5.75. The van der Waals surface area contributed by atoms with Crippen LogP contribution in [0.25, 0.3) is 168 Å². The number of hydrogen-bond donors (Lipinski definition) is 0. The van der Waals surface area contributed by atoms with Crippen LogP contribution in [-0.4, -0.2) is 14.5 Å². The number of nitrogens with zero attached hydrogens (tertiary/aromatic N) is 4. The Morgan fingerprint density at radius 3 is 1.39 bits per heavy atom. The molecule has 0 amide bonds. The van der Waals surface area contributed by atoms with Crippen LogP contribution < -0.4 is 4.90 Å². The molecule has 0 saturated heterocycles. The Hall–Kier alpha value is -12.0. The van der Waals surface area contributed by atoms with E-state index in [-0.39, 0.29) is 0 Å². The van der Waals surface area contributed by atoms with Crippen molar-refractivity contribution in [1.82, 2.24) is 14.5 Å². The second-order valence-corrected chi connectivity index (χ2v) is 25.4. The fourth-order valence-electron chi connectivity index (χ4n) is 14.9. The van der Waals surface area contributed by atoms with Gasteiger partial charge in [0, 0.05) is 69.9 Å². The number of rotatable bonds is 9. The molecule has 19 aromatic rings. The lowest BCUT2D eigenvalue weighted by molar-refractivity contribution is 0.998. The summed E-state index contributed by atoms with van der Waals surface area (Å²) in [6, 6.07) is 120. The van der Waals surface area contributed by atoms with Crippen molar-refractivity contribution < 1.29 is 0 Å². The van der Waals surface area contributed by atoms with E-state index in [0.717, 1.165) is 89.4 Å². The van der Waals surface area contributed by atoms with Gasteiger partial charge in [-0.25, -0.2) is 9.97 Å². The van der Waals surface area contributed by atoms with Gasteiger partial charge in [-0.05, 0) is 148 Å². The van der Waals surface area contributed by atoms with Crippen molar-refractivity contribution in [3.05, 3.63) is 328 Å². The minimum absolute atomic E-state index is 0.612. The smallest absolute Gasteiger partial charge is 0.235 e. The van der Waals surface area contributed by atoms with E-state index in [1.807, 2.05) is 11.3 Å². The first-order valence-corrected chi connectivity index (χ1v) is 32.6. The number of aromatic nitrogens is 3. The molecule has 0 aliphatic carbocycles. The summed E-state index contributed by atoms with van der Waals surface area (Å²) in [5.41, 5.74) is 16.0. The standard InChI is InChI=1S/C88H54N4S/c1-5-22-55(23-6-1)60-31-21-32-62(48-60)79-54-78(59-29-11-4-12-30-59)89-88(90-79)92-80-47-46-75-72-36-16-15-34-70(72)71-35-17-18-37-73(71)82(75)84(80)85-86(92)76-39-20-19-38-74(76)83-77-45-43-66(53-81(77)93-87(83)85)91(65-42-44-69-61(50-65)41-40-58-28-13-14-33-68(58)69)67-51-63(56-24-7-2-8-25-56)49-64(52-67)57-26-9-3-10-27-57/h1-54H. The van der Waals surface area contributed by atoms with Crippen molar-refractivity contribution in [3.8, 4) is 61.8 Å². The van der Waals surface area contributed by atoms with Gasteiger partial charge in [0.25, 0.3) is 0 Å². The number of fused-ring (bicyclic) bond motifs is 20. The first kappa shape index (κ1) is 52.9. The van der Waals surface area contributed by atoms with Crippen molar-refractivity contribution in [3.63, 3.8) is 0 Å². The van der Waals surface area contributed by atoms with Crippen molar-refractivity contribution in [2.45, 2.75) is 0 Å². The molecule has 0 fully saturated rings. The summed E-state index contributed by atoms with van der Waals surface area (Å²) in [4.78, 5) is 13.9. The van der Waals surface area contributed by atoms with Gasteiger partial charge in [-0.2, -0.15) is 0 Å². The summed E-state index contributed by atoms with van der Waals surface area (Å²) >= 11 is 1.89. The Morgan fingerprint density at radius 1 is 0.258 bits per heavy atom. The lowest BCUT2D eigenvalue weighted by Gasteiger charge is -2.27. The molecule has 93 heavy (non-hydrogen) atoms. The molecule has 432 valence electrons. The zero-order valence-electron chi connectivity index (χ0n) is 50.4. The van der Waals surface area contributed by atoms with E-state index < -0.39 is 0 Å². The van der Waals surface area contributed by atoms with Crippen molar-refractivity contribution in [1.29, 1.82) is 0 Å². The van der Waals surface area contributed by atoms with Crippen molar-refractivity contribution in [2.24, 2.45) is 0 Å². The van der Waals surface area contributed by atoms with Crippen LogP contribution in [-0.2, 0) is 0 Å².